The van der Waals surface area contributed by atoms with Gasteiger partial charge in [-0.15, -0.1) is 0 Å². The van der Waals surface area contributed by atoms with Gasteiger partial charge in [0.1, 0.15) is 11.2 Å². The van der Waals surface area contributed by atoms with E-state index in [0.717, 1.165) is 39.4 Å². The van der Waals surface area contributed by atoms with Gasteiger partial charge in [-0.05, 0) is 46.9 Å². The second kappa shape index (κ2) is 7.30. The number of carbonyl (C=O) groups excluding carboxylic acids is 1. The van der Waals surface area contributed by atoms with Crippen LogP contribution in [-0.4, -0.2) is 28.0 Å². The summed E-state index contributed by atoms with van der Waals surface area (Å²) >= 11 is 0. The highest BCUT2D eigenvalue weighted by Crippen LogP contribution is 2.82. The minimum Gasteiger partial charge on any atom is -0.497 e. The van der Waals surface area contributed by atoms with Crippen LogP contribution in [0.25, 0.3) is 0 Å². The molecule has 0 radical (unpaired) electrons. The summed E-state index contributed by atoms with van der Waals surface area (Å²) in [6, 6.07) is 22.6. The van der Waals surface area contributed by atoms with Crippen LogP contribution in [0.1, 0.15) is 52.9 Å². The van der Waals surface area contributed by atoms with Crippen molar-refractivity contribution in [3.8, 4) is 11.8 Å². The van der Waals surface area contributed by atoms with E-state index in [-0.39, 0.29) is 11.8 Å². The lowest BCUT2D eigenvalue weighted by atomic mass is 9.33. The summed E-state index contributed by atoms with van der Waals surface area (Å²) < 4.78 is 5.23. The lowest BCUT2D eigenvalue weighted by Crippen LogP contribution is -2.70. The Balaban J connectivity index is 1.18. The predicted octanol–water partition coefficient (Wildman–Crippen LogP) is 4.61. The van der Waals surface area contributed by atoms with E-state index in [0.29, 0.717) is 18.8 Å². The van der Waals surface area contributed by atoms with Crippen LogP contribution < -0.4 is 10.1 Å². The second-order valence-corrected chi connectivity index (χ2v) is 10.6. The third-order valence-electron chi connectivity index (χ3n) is 8.86. The van der Waals surface area contributed by atoms with E-state index in [1.54, 1.807) is 13.3 Å². The van der Waals surface area contributed by atoms with Gasteiger partial charge < -0.3 is 9.72 Å². The Hall–Kier alpha value is -4.44. The monoisotopic (exact) mass is 487 g/mol. The summed E-state index contributed by atoms with van der Waals surface area (Å²) in [5.41, 5.74) is 4.02. The van der Waals surface area contributed by atoms with Gasteiger partial charge in [0.2, 0.25) is 11.9 Å². The minimum atomic E-state index is -0.805. The normalized spacial score (nSPS) is 27.9. The molecule has 3 aliphatic carbocycles. The second-order valence-electron chi connectivity index (χ2n) is 10.6. The third kappa shape index (κ3) is 2.52. The largest absolute Gasteiger partial charge is 0.497 e. The van der Waals surface area contributed by atoms with Crippen molar-refractivity contribution in [1.29, 1.82) is 5.26 Å². The number of ether oxygens (including phenoxy) is 1. The van der Waals surface area contributed by atoms with E-state index in [4.69, 9.17) is 4.74 Å². The number of hydrogen-bond donors (Lipinski definition) is 2. The number of H-pyrrole nitrogens is 1. The average Bonchev–Trinajstić information content (AvgIpc) is 3.42. The van der Waals surface area contributed by atoms with Gasteiger partial charge in [-0.3, -0.25) is 15.1 Å². The third-order valence-corrected chi connectivity index (χ3v) is 8.86. The number of pyridine rings is 1. The molecule has 1 fully saturated rings. The minimum absolute atomic E-state index is 0.0886. The number of nitrogens with zero attached hydrogens (tertiary/aromatic N) is 3. The van der Waals surface area contributed by atoms with Crippen molar-refractivity contribution < 1.29 is 9.53 Å². The molecule has 1 amide bonds. The van der Waals surface area contributed by atoms with Crippen molar-refractivity contribution in [3.05, 3.63) is 107 Å². The van der Waals surface area contributed by atoms with Gasteiger partial charge >= 0.3 is 0 Å². The molecule has 182 valence electrons. The number of nitrogens with one attached hydrogen (secondary N) is 2. The first-order chi connectivity index (χ1) is 18.0. The van der Waals surface area contributed by atoms with Crippen molar-refractivity contribution in [2.75, 3.05) is 12.4 Å². The first kappa shape index (κ1) is 21.8. The topological polar surface area (TPSA) is 104 Å². The maximum Gasteiger partial charge on any atom is 0.233 e. The van der Waals surface area contributed by atoms with Gasteiger partial charge in [-0.2, -0.15) is 5.26 Å². The number of amides is 1. The van der Waals surface area contributed by atoms with Gasteiger partial charge in [0.25, 0.3) is 0 Å². The van der Waals surface area contributed by atoms with Gasteiger partial charge in [-0.25, -0.2) is 4.98 Å². The molecule has 1 saturated carbocycles. The summed E-state index contributed by atoms with van der Waals surface area (Å²) in [6.07, 6.45) is 4.80. The highest BCUT2D eigenvalue weighted by molar-refractivity contribution is 5.98. The Morgan fingerprint density at radius 2 is 1.95 bits per heavy atom. The molecule has 7 rings (SSSR count). The van der Waals surface area contributed by atoms with E-state index < -0.39 is 16.2 Å². The number of imidazole rings is 1. The van der Waals surface area contributed by atoms with Crippen LogP contribution in [0.5, 0.6) is 5.75 Å². The van der Waals surface area contributed by atoms with Crippen molar-refractivity contribution in [2.45, 2.75) is 36.5 Å². The Bertz CT molecular complexity index is 1620. The zero-order valence-electron chi connectivity index (χ0n) is 20.6. The van der Waals surface area contributed by atoms with Crippen LogP contribution in [-0.2, 0) is 22.0 Å². The lowest BCUT2D eigenvalue weighted by molar-refractivity contribution is -0.140. The highest BCUT2D eigenvalue weighted by Gasteiger charge is 2.83. The number of aromatic amines is 1. The summed E-state index contributed by atoms with van der Waals surface area (Å²) in [4.78, 5) is 26.2. The SMILES string of the molecule is COc1ccc(Cc2c[nH]c(NC(=O)C3(C)CC45c6cccnc6C4(C#N)c4ccccc4C35)n2)cc1. The van der Waals surface area contributed by atoms with E-state index in [2.05, 4.69) is 38.5 Å². The number of carbonyl (C=O) groups is 1. The quantitative estimate of drug-likeness (QED) is 0.428. The summed E-state index contributed by atoms with van der Waals surface area (Å²) in [7, 11) is 1.65. The molecule has 4 unspecified atom stereocenters. The Morgan fingerprint density at radius 3 is 2.73 bits per heavy atom. The zero-order valence-corrected chi connectivity index (χ0v) is 20.6. The fraction of sp³-hybridized carbons (Fsp3) is 0.267. The number of nitriles is 1. The van der Waals surface area contributed by atoms with E-state index in [9.17, 15) is 10.1 Å². The van der Waals surface area contributed by atoms with Crippen LogP contribution in [0.2, 0.25) is 0 Å². The number of methoxy groups -OCH3 is 1. The van der Waals surface area contributed by atoms with Crippen molar-refractivity contribution in [3.63, 3.8) is 0 Å². The molecule has 2 aromatic carbocycles. The number of anilines is 1. The van der Waals surface area contributed by atoms with Crippen LogP contribution in [0.3, 0.4) is 0 Å². The molecule has 4 atom stereocenters. The van der Waals surface area contributed by atoms with E-state index in [1.807, 2.05) is 61.7 Å². The molecule has 7 heteroatoms. The molecule has 2 aromatic heterocycles. The average molecular weight is 488 g/mol. The first-order valence-electron chi connectivity index (χ1n) is 12.4. The molecule has 0 aliphatic heterocycles. The van der Waals surface area contributed by atoms with Gasteiger partial charge in [-0.1, -0.05) is 49.4 Å². The molecule has 2 heterocycles. The van der Waals surface area contributed by atoms with Crippen molar-refractivity contribution >= 4 is 11.9 Å². The molecule has 37 heavy (non-hydrogen) atoms. The fourth-order valence-corrected chi connectivity index (χ4v) is 7.42. The number of rotatable bonds is 5. The van der Waals surface area contributed by atoms with Crippen molar-refractivity contribution in [1.82, 2.24) is 15.0 Å². The maximum atomic E-state index is 13.8. The summed E-state index contributed by atoms with van der Waals surface area (Å²) in [5.74, 6) is 1.05. The van der Waals surface area contributed by atoms with Crippen LogP contribution in [0.15, 0.2) is 73.1 Å². The molecular weight excluding hydrogens is 462 g/mol. The van der Waals surface area contributed by atoms with E-state index in [1.165, 1.54) is 0 Å². The number of benzene rings is 2. The smallest absolute Gasteiger partial charge is 0.233 e. The molecule has 0 bridgehead atoms. The number of aromatic nitrogens is 3. The molecule has 2 N–H and O–H groups in total. The van der Waals surface area contributed by atoms with E-state index >= 15 is 0 Å². The Morgan fingerprint density at radius 1 is 1.16 bits per heavy atom. The fourth-order valence-electron chi connectivity index (χ4n) is 7.42. The predicted molar refractivity (Wildman–Crippen MR) is 137 cm³/mol. The standard InChI is InChI=1S/C30H25N5O2/c1-28(26(36)35-27-33-15-19(34-27)14-18-9-11-20(37-2)12-10-18)16-29-23-8-5-13-32-25(23)30(29,17-31)22-7-4-3-6-21(22)24(28)29/h3-13,15,24H,14,16H2,1-2H3,(H2,33,34,35,36). The molecule has 1 spiro atoms. The molecule has 3 aliphatic rings. The maximum absolute atomic E-state index is 13.8. The van der Waals surface area contributed by atoms with Crippen LogP contribution in [0, 0.1) is 16.7 Å². The van der Waals surface area contributed by atoms with Gasteiger partial charge in [0.15, 0.2) is 0 Å². The number of hydrogen-bond acceptors (Lipinski definition) is 5. The zero-order chi connectivity index (χ0) is 25.4. The Kier molecular flexibility index (Phi) is 4.30. The summed E-state index contributed by atoms with van der Waals surface area (Å²) in [5, 5.41) is 13.6. The summed E-state index contributed by atoms with van der Waals surface area (Å²) in [6.45, 7) is 2.01. The number of fused-ring (bicyclic) bond motifs is 5. The van der Waals surface area contributed by atoms with Gasteiger partial charge in [0, 0.05) is 30.1 Å². The van der Waals surface area contributed by atoms with Crippen LogP contribution >= 0.6 is 0 Å². The Labute approximate surface area is 214 Å². The van der Waals surface area contributed by atoms with Crippen molar-refractivity contribution in [2.24, 2.45) is 5.41 Å². The van der Waals surface area contributed by atoms with Crippen LogP contribution in [0.4, 0.5) is 5.95 Å². The first-order valence-corrected chi connectivity index (χ1v) is 12.4. The highest BCUT2D eigenvalue weighted by atomic mass is 16.5. The molecule has 0 saturated heterocycles. The molecule has 7 nitrogen and oxygen atoms in total. The van der Waals surface area contributed by atoms with Gasteiger partial charge in [0.05, 0.1) is 30.0 Å². The lowest BCUT2D eigenvalue weighted by Gasteiger charge is -2.67. The molecular formula is C30H25N5O2. The molecule has 4 aromatic rings.